The van der Waals surface area contributed by atoms with E-state index in [9.17, 15) is 13.6 Å². The van der Waals surface area contributed by atoms with Gasteiger partial charge in [-0.2, -0.15) is 0 Å². The Morgan fingerprint density at radius 3 is 2.76 bits per heavy atom. The minimum atomic E-state index is -1.05. The minimum absolute atomic E-state index is 0.0670. The number of nitrogens with zero attached hydrogens (tertiary/aromatic N) is 4. The van der Waals surface area contributed by atoms with Crippen LogP contribution in [0.5, 0.6) is 0 Å². The molecule has 0 saturated heterocycles. The number of aromatic nitrogens is 4. The molecule has 6 nitrogen and oxygen atoms in total. The van der Waals surface area contributed by atoms with Crippen molar-refractivity contribution in [2.45, 2.75) is 26.3 Å². The lowest BCUT2D eigenvalue weighted by molar-refractivity contribution is 0.0953. The van der Waals surface area contributed by atoms with E-state index in [-0.39, 0.29) is 11.6 Å². The second-order valence-corrected chi connectivity index (χ2v) is 4.77. The third kappa shape index (κ3) is 3.59. The Bertz CT molecular complexity index is 641. The maximum Gasteiger partial charge on any atom is 0.251 e. The summed E-state index contributed by atoms with van der Waals surface area (Å²) in [6, 6.07) is 3.13. The number of hydrogen-bond acceptors (Lipinski definition) is 4. The predicted molar refractivity (Wildman–Crippen MR) is 70.6 cm³/mol. The van der Waals surface area contributed by atoms with Crippen molar-refractivity contribution < 1.29 is 13.6 Å². The molecule has 0 unspecified atom stereocenters. The van der Waals surface area contributed by atoms with Gasteiger partial charge >= 0.3 is 0 Å². The number of halogens is 2. The smallest absolute Gasteiger partial charge is 0.251 e. The van der Waals surface area contributed by atoms with Crippen molar-refractivity contribution >= 4 is 5.91 Å². The first-order valence-electron chi connectivity index (χ1n) is 6.49. The number of carbonyl (C=O) groups is 1. The van der Waals surface area contributed by atoms with Crippen LogP contribution in [0.3, 0.4) is 0 Å². The first-order valence-corrected chi connectivity index (χ1v) is 6.49. The summed E-state index contributed by atoms with van der Waals surface area (Å²) in [7, 11) is 0. The first kappa shape index (κ1) is 15.0. The molecule has 0 aliphatic heterocycles. The van der Waals surface area contributed by atoms with Gasteiger partial charge in [-0.05, 0) is 42.5 Å². The molecular formula is C13H15F2N5O. The summed E-state index contributed by atoms with van der Waals surface area (Å²) in [6.45, 7) is 4.18. The fourth-order valence-corrected chi connectivity index (χ4v) is 1.81. The minimum Gasteiger partial charge on any atom is -0.352 e. The van der Waals surface area contributed by atoms with Gasteiger partial charge in [0, 0.05) is 18.5 Å². The molecule has 1 aromatic carbocycles. The van der Waals surface area contributed by atoms with Crippen LogP contribution in [0.15, 0.2) is 18.2 Å². The number of benzene rings is 1. The van der Waals surface area contributed by atoms with Crippen LogP contribution in [0, 0.1) is 11.6 Å². The summed E-state index contributed by atoms with van der Waals surface area (Å²) in [4.78, 5) is 11.8. The zero-order valence-corrected chi connectivity index (χ0v) is 11.7. The van der Waals surface area contributed by atoms with Crippen LogP contribution < -0.4 is 5.32 Å². The van der Waals surface area contributed by atoms with Gasteiger partial charge in [0.15, 0.2) is 17.5 Å². The van der Waals surface area contributed by atoms with Crippen molar-refractivity contribution in [3.05, 3.63) is 41.2 Å². The molecule has 112 valence electrons. The highest BCUT2D eigenvalue weighted by atomic mass is 19.2. The average Bonchev–Trinajstić information content (AvgIpc) is 2.90. The second-order valence-electron chi connectivity index (χ2n) is 4.77. The molecule has 0 aliphatic rings. The zero-order chi connectivity index (χ0) is 15.4. The van der Waals surface area contributed by atoms with Crippen LogP contribution in [-0.2, 0) is 6.42 Å². The molecule has 0 atom stereocenters. The monoisotopic (exact) mass is 295 g/mol. The lowest BCUT2D eigenvalue weighted by Crippen LogP contribution is -2.27. The Kier molecular flexibility index (Phi) is 4.56. The van der Waals surface area contributed by atoms with Gasteiger partial charge in [0.25, 0.3) is 5.91 Å². The standard InChI is InChI=1S/C13H15F2N5O/c1-8(2)20-12(17-18-19-20)5-6-16-13(21)9-3-4-10(14)11(15)7-9/h3-4,7-8H,5-6H2,1-2H3,(H,16,21). The molecule has 0 saturated carbocycles. The fourth-order valence-electron chi connectivity index (χ4n) is 1.81. The number of amides is 1. The largest absolute Gasteiger partial charge is 0.352 e. The molecule has 8 heteroatoms. The highest BCUT2D eigenvalue weighted by molar-refractivity contribution is 5.94. The van der Waals surface area contributed by atoms with Gasteiger partial charge in [0.05, 0.1) is 6.04 Å². The predicted octanol–water partition coefficient (Wildman–Crippen LogP) is 1.50. The van der Waals surface area contributed by atoms with Gasteiger partial charge in [0.1, 0.15) is 0 Å². The molecule has 0 aliphatic carbocycles. The Morgan fingerprint density at radius 2 is 2.10 bits per heavy atom. The summed E-state index contributed by atoms with van der Waals surface area (Å²) >= 11 is 0. The van der Waals surface area contributed by atoms with Crippen LogP contribution >= 0.6 is 0 Å². The van der Waals surface area contributed by atoms with E-state index in [1.54, 1.807) is 4.68 Å². The van der Waals surface area contributed by atoms with Crippen molar-refractivity contribution in [2.24, 2.45) is 0 Å². The van der Waals surface area contributed by atoms with E-state index in [4.69, 9.17) is 0 Å². The topological polar surface area (TPSA) is 72.7 Å². The third-order valence-electron chi connectivity index (χ3n) is 2.87. The lowest BCUT2D eigenvalue weighted by Gasteiger charge is -2.08. The Labute approximate surface area is 120 Å². The van der Waals surface area contributed by atoms with Gasteiger partial charge in [-0.1, -0.05) is 0 Å². The van der Waals surface area contributed by atoms with Crippen molar-refractivity contribution in [1.29, 1.82) is 0 Å². The normalized spacial score (nSPS) is 10.9. The zero-order valence-electron chi connectivity index (χ0n) is 11.7. The van der Waals surface area contributed by atoms with E-state index < -0.39 is 17.5 Å². The van der Waals surface area contributed by atoms with Gasteiger partial charge < -0.3 is 5.32 Å². The van der Waals surface area contributed by atoms with Crippen LogP contribution in [-0.4, -0.2) is 32.7 Å². The van der Waals surface area contributed by atoms with Crippen molar-refractivity contribution in [1.82, 2.24) is 25.5 Å². The SMILES string of the molecule is CC(C)n1nnnc1CCNC(=O)c1ccc(F)c(F)c1. The molecule has 1 heterocycles. The maximum absolute atomic E-state index is 13.0. The van der Waals surface area contributed by atoms with E-state index in [0.29, 0.717) is 18.8 Å². The molecule has 0 radical (unpaired) electrons. The van der Waals surface area contributed by atoms with Gasteiger partial charge in [-0.15, -0.1) is 5.10 Å². The molecular weight excluding hydrogens is 280 g/mol. The molecule has 0 fully saturated rings. The van der Waals surface area contributed by atoms with Crippen molar-refractivity contribution in [2.75, 3.05) is 6.54 Å². The van der Waals surface area contributed by atoms with E-state index in [2.05, 4.69) is 20.8 Å². The van der Waals surface area contributed by atoms with Gasteiger partial charge in [-0.25, -0.2) is 13.5 Å². The molecule has 21 heavy (non-hydrogen) atoms. The summed E-state index contributed by atoms with van der Waals surface area (Å²) in [5, 5.41) is 13.9. The van der Waals surface area contributed by atoms with Gasteiger partial charge in [-0.3, -0.25) is 4.79 Å². The molecule has 2 rings (SSSR count). The van der Waals surface area contributed by atoms with Crippen LogP contribution in [0.4, 0.5) is 8.78 Å². The highest BCUT2D eigenvalue weighted by Crippen LogP contribution is 2.08. The van der Waals surface area contributed by atoms with Crippen LogP contribution in [0.1, 0.15) is 36.1 Å². The molecule has 2 aromatic rings. The lowest BCUT2D eigenvalue weighted by atomic mass is 10.2. The summed E-state index contributed by atoms with van der Waals surface area (Å²) in [6.07, 6.45) is 0.445. The number of nitrogens with one attached hydrogen (secondary N) is 1. The van der Waals surface area contributed by atoms with E-state index in [1.807, 2.05) is 13.8 Å². The van der Waals surface area contributed by atoms with Crippen LogP contribution in [0.25, 0.3) is 0 Å². The average molecular weight is 295 g/mol. The molecule has 1 aromatic heterocycles. The summed E-state index contributed by atoms with van der Waals surface area (Å²) in [5.41, 5.74) is 0.0670. The second kappa shape index (κ2) is 6.38. The van der Waals surface area contributed by atoms with E-state index in [1.165, 1.54) is 6.07 Å². The summed E-state index contributed by atoms with van der Waals surface area (Å²) in [5.74, 6) is -1.86. The van der Waals surface area contributed by atoms with Gasteiger partial charge in [0.2, 0.25) is 0 Å². The Morgan fingerprint density at radius 1 is 1.33 bits per heavy atom. The quantitative estimate of drug-likeness (QED) is 0.907. The Balaban J connectivity index is 1.92. The van der Waals surface area contributed by atoms with E-state index >= 15 is 0 Å². The Hall–Kier alpha value is -2.38. The molecule has 0 bridgehead atoms. The van der Waals surface area contributed by atoms with Crippen molar-refractivity contribution in [3.63, 3.8) is 0 Å². The third-order valence-corrected chi connectivity index (χ3v) is 2.87. The van der Waals surface area contributed by atoms with E-state index in [0.717, 1.165) is 12.1 Å². The number of hydrogen-bond donors (Lipinski definition) is 1. The summed E-state index contributed by atoms with van der Waals surface area (Å²) < 4.78 is 27.5. The number of rotatable bonds is 5. The number of carbonyl (C=O) groups excluding carboxylic acids is 1. The number of tetrazole rings is 1. The highest BCUT2D eigenvalue weighted by Gasteiger charge is 2.11. The maximum atomic E-state index is 13.0. The molecule has 1 amide bonds. The fraction of sp³-hybridized carbons (Fsp3) is 0.385. The molecule has 0 spiro atoms. The van der Waals surface area contributed by atoms with Crippen LogP contribution in [0.2, 0.25) is 0 Å². The van der Waals surface area contributed by atoms with Crippen molar-refractivity contribution in [3.8, 4) is 0 Å². The first-order chi connectivity index (χ1) is 9.99. The molecule has 1 N–H and O–H groups in total.